The Kier molecular flexibility index (Phi) is 10.4. The van der Waals surface area contributed by atoms with Crippen LogP contribution >= 0.6 is 11.8 Å². The minimum atomic E-state index is -0.311. The topological polar surface area (TPSA) is 91.6 Å². The summed E-state index contributed by atoms with van der Waals surface area (Å²) in [6.45, 7) is 6.18. The number of amides is 1. The molecule has 2 aromatic rings. The second kappa shape index (κ2) is 13.0. The Bertz CT molecular complexity index is 854. The summed E-state index contributed by atoms with van der Waals surface area (Å²) in [6.07, 6.45) is 7.61. The molecule has 2 aromatic heterocycles. The van der Waals surface area contributed by atoms with Gasteiger partial charge in [-0.15, -0.1) is 22.0 Å². The van der Waals surface area contributed by atoms with E-state index in [1.54, 1.807) is 23.9 Å². The lowest BCUT2D eigenvalue weighted by Crippen LogP contribution is -2.16. The highest BCUT2D eigenvalue weighted by Gasteiger charge is 2.27. The van der Waals surface area contributed by atoms with E-state index in [0.29, 0.717) is 24.2 Å². The van der Waals surface area contributed by atoms with Gasteiger partial charge in [-0.2, -0.15) is 0 Å². The smallest absolute Gasteiger partial charge is 0.278 e. The van der Waals surface area contributed by atoms with E-state index in [0.717, 1.165) is 22.0 Å². The molecule has 1 amide bonds. The van der Waals surface area contributed by atoms with Crippen molar-refractivity contribution in [1.82, 2.24) is 15.2 Å². The fraction of sp³-hybridized carbons (Fsp3) is 0.500. The Hall–Kier alpha value is -2.40. The largest absolute Gasteiger partial charge is 0.304 e. The first-order chi connectivity index (χ1) is 14.7. The summed E-state index contributed by atoms with van der Waals surface area (Å²) >= 11 is 1.69. The van der Waals surface area contributed by atoms with Crippen molar-refractivity contribution in [3.63, 3.8) is 0 Å². The molecule has 0 unspecified atom stereocenters. The van der Waals surface area contributed by atoms with Gasteiger partial charge in [0.05, 0.1) is 0 Å². The number of nitriles is 1. The third kappa shape index (κ3) is 7.14. The molecule has 0 bridgehead atoms. The maximum absolute atomic E-state index is 12.4. The number of anilines is 1. The minimum Gasteiger partial charge on any atom is -0.304 e. The number of unbranched alkanes of at least 4 members (excludes halogenated alkanes) is 4. The molecule has 0 fully saturated rings. The van der Waals surface area contributed by atoms with Crippen LogP contribution in [0.15, 0.2) is 29.3 Å². The number of aromatic nitrogens is 3. The van der Waals surface area contributed by atoms with Crippen LogP contribution in [0.4, 0.5) is 5.82 Å². The molecule has 1 N–H and O–H groups in total. The first-order valence-electron chi connectivity index (χ1n) is 10.9. The summed E-state index contributed by atoms with van der Waals surface area (Å²) in [5.41, 5.74) is 2.24. The SMILES string of the molecule is CC.CCCCCCCSc1ccc(NC(=O)c2ccc3c(n2)CB(C#N)C3)nn1. The average molecular weight is 423 g/mol. The zero-order chi connectivity index (χ0) is 21.8. The number of hydrogen-bond acceptors (Lipinski definition) is 6. The highest BCUT2D eigenvalue weighted by Crippen LogP contribution is 2.21. The lowest BCUT2D eigenvalue weighted by atomic mass is 9.49. The molecule has 8 heteroatoms. The predicted octanol–water partition coefficient (Wildman–Crippen LogP) is 4.95. The van der Waals surface area contributed by atoms with E-state index in [1.165, 1.54) is 32.1 Å². The standard InChI is InChI=1S/C20H24BN5OS.C2H6/c1-2-3-4-5-6-11-28-19-10-9-18(25-26-19)24-20(27)16-8-7-15-12-21(14-22)13-17(15)23-16;1-2/h7-10H,2-6,11-13H2,1H3,(H,24,25,27);1-2H3. The lowest BCUT2D eigenvalue weighted by Gasteiger charge is -2.06. The molecule has 0 radical (unpaired) electrons. The van der Waals surface area contributed by atoms with Crippen molar-refractivity contribution >= 4 is 30.2 Å². The molecule has 0 aliphatic carbocycles. The third-order valence-electron chi connectivity index (χ3n) is 4.77. The molecule has 1 aliphatic heterocycles. The van der Waals surface area contributed by atoms with Gasteiger partial charge in [-0.1, -0.05) is 52.5 Å². The molecule has 1 aliphatic rings. The normalized spacial score (nSPS) is 11.9. The van der Waals surface area contributed by atoms with Gasteiger partial charge in [-0.3, -0.25) is 4.79 Å². The van der Waals surface area contributed by atoms with E-state index in [9.17, 15) is 4.79 Å². The maximum atomic E-state index is 12.4. The molecule has 0 spiro atoms. The first-order valence-corrected chi connectivity index (χ1v) is 11.8. The maximum Gasteiger partial charge on any atom is 0.278 e. The second-order valence-corrected chi connectivity index (χ2v) is 8.13. The molecule has 0 aromatic carbocycles. The minimum absolute atomic E-state index is 0.0385. The van der Waals surface area contributed by atoms with Crippen molar-refractivity contribution in [3.05, 3.63) is 41.2 Å². The van der Waals surface area contributed by atoms with E-state index >= 15 is 0 Å². The Morgan fingerprint density at radius 2 is 1.93 bits per heavy atom. The van der Waals surface area contributed by atoms with Gasteiger partial charge in [0.25, 0.3) is 12.6 Å². The molecule has 158 valence electrons. The molecule has 0 atom stereocenters. The summed E-state index contributed by atoms with van der Waals surface area (Å²) in [7, 11) is 0. The third-order valence-corrected chi connectivity index (χ3v) is 5.78. The zero-order valence-electron chi connectivity index (χ0n) is 18.1. The zero-order valence-corrected chi connectivity index (χ0v) is 19.0. The summed E-state index contributed by atoms with van der Waals surface area (Å²) in [4.78, 5) is 16.9. The number of rotatable bonds is 9. The van der Waals surface area contributed by atoms with Crippen LogP contribution < -0.4 is 5.32 Å². The molecular formula is C22H30BN5OS. The monoisotopic (exact) mass is 423 g/mol. The first kappa shape index (κ1) is 23.9. The van der Waals surface area contributed by atoms with Crippen LogP contribution in [-0.4, -0.2) is 33.6 Å². The van der Waals surface area contributed by atoms with Crippen LogP contribution in [0.2, 0.25) is 0 Å². The van der Waals surface area contributed by atoms with Crippen LogP contribution in [0.25, 0.3) is 0 Å². The number of thioether (sulfide) groups is 1. The average Bonchev–Trinajstić information content (AvgIpc) is 3.21. The fourth-order valence-electron chi connectivity index (χ4n) is 3.21. The number of fused-ring (bicyclic) bond motifs is 1. The summed E-state index contributed by atoms with van der Waals surface area (Å²) in [6, 6.07) is 7.24. The highest BCUT2D eigenvalue weighted by molar-refractivity contribution is 7.99. The van der Waals surface area contributed by atoms with E-state index < -0.39 is 0 Å². The van der Waals surface area contributed by atoms with Crippen LogP contribution in [0.3, 0.4) is 0 Å². The van der Waals surface area contributed by atoms with Crippen LogP contribution in [-0.2, 0) is 12.6 Å². The summed E-state index contributed by atoms with van der Waals surface area (Å²) in [5.74, 6) is 3.41. The van der Waals surface area contributed by atoms with Crippen molar-refractivity contribution in [1.29, 1.82) is 5.26 Å². The summed E-state index contributed by atoms with van der Waals surface area (Å²) in [5, 5.41) is 20.9. The van der Waals surface area contributed by atoms with Crippen molar-refractivity contribution in [2.24, 2.45) is 0 Å². The predicted molar refractivity (Wildman–Crippen MR) is 124 cm³/mol. The van der Waals surface area contributed by atoms with Gasteiger partial charge in [0.2, 0.25) is 0 Å². The quantitative estimate of drug-likeness (QED) is 0.349. The number of hydrogen-bond donors (Lipinski definition) is 1. The van der Waals surface area contributed by atoms with E-state index in [4.69, 9.17) is 5.26 Å². The van der Waals surface area contributed by atoms with Crippen LogP contribution in [0.1, 0.15) is 74.6 Å². The van der Waals surface area contributed by atoms with Gasteiger partial charge in [0.1, 0.15) is 10.7 Å². The Morgan fingerprint density at radius 3 is 2.63 bits per heavy atom. The number of pyridine rings is 1. The van der Waals surface area contributed by atoms with Gasteiger partial charge < -0.3 is 5.32 Å². The number of nitrogens with one attached hydrogen (secondary N) is 1. The number of carbonyl (C=O) groups is 1. The molecule has 3 rings (SSSR count). The molecule has 3 heterocycles. The van der Waals surface area contributed by atoms with Gasteiger partial charge in [-0.25, -0.2) is 10.2 Å². The molecular weight excluding hydrogens is 393 g/mol. The van der Waals surface area contributed by atoms with Gasteiger partial charge in [0, 0.05) is 11.7 Å². The van der Waals surface area contributed by atoms with E-state index in [1.807, 2.05) is 26.0 Å². The molecule has 0 saturated heterocycles. The second-order valence-electron chi connectivity index (χ2n) is 7.01. The van der Waals surface area contributed by atoms with Crippen molar-refractivity contribution in [3.8, 4) is 5.97 Å². The van der Waals surface area contributed by atoms with Crippen LogP contribution in [0, 0.1) is 11.2 Å². The Balaban J connectivity index is 0.00000155. The van der Waals surface area contributed by atoms with Crippen molar-refractivity contribution in [2.45, 2.75) is 70.5 Å². The van der Waals surface area contributed by atoms with E-state index in [-0.39, 0.29) is 12.6 Å². The van der Waals surface area contributed by atoms with Crippen molar-refractivity contribution in [2.75, 3.05) is 11.1 Å². The Labute approximate surface area is 184 Å². The van der Waals surface area contributed by atoms with Crippen LogP contribution in [0.5, 0.6) is 0 Å². The Morgan fingerprint density at radius 1 is 1.13 bits per heavy atom. The van der Waals surface area contributed by atoms with Gasteiger partial charge >= 0.3 is 0 Å². The number of carbonyl (C=O) groups excluding carboxylic acids is 1. The fourth-order valence-corrected chi connectivity index (χ4v) is 4.03. The van der Waals surface area contributed by atoms with E-state index in [2.05, 4.69) is 33.4 Å². The highest BCUT2D eigenvalue weighted by atomic mass is 32.2. The van der Waals surface area contributed by atoms with Gasteiger partial charge in [0.15, 0.2) is 5.82 Å². The summed E-state index contributed by atoms with van der Waals surface area (Å²) < 4.78 is 0. The lowest BCUT2D eigenvalue weighted by molar-refractivity contribution is 0.102. The molecule has 0 saturated carbocycles. The molecule has 30 heavy (non-hydrogen) atoms. The molecule has 6 nitrogen and oxygen atoms in total. The van der Waals surface area contributed by atoms with Gasteiger partial charge in [-0.05, 0) is 48.6 Å². The number of nitrogens with zero attached hydrogens (tertiary/aromatic N) is 4. The van der Waals surface area contributed by atoms with Crippen molar-refractivity contribution < 1.29 is 4.79 Å².